The molecular weight excluding hydrogens is 265 g/mol. The molecule has 0 saturated carbocycles. The Bertz CT molecular complexity index is 742. The molecule has 2 rings (SSSR count). The third-order valence-electron chi connectivity index (χ3n) is 2.91. The van der Waals surface area contributed by atoms with Crippen LogP contribution in [0.4, 0.5) is 4.39 Å². The largest absolute Gasteiger partial charge is 0.361 e. The molecule has 21 heavy (non-hydrogen) atoms. The fourth-order valence-electron chi connectivity index (χ4n) is 1.99. The molecule has 0 bridgehead atoms. The SMILES string of the molecule is C=Cc1[nH]cc(/C(C#N)=C/c2cccnc2)c1/C=C(\C)F. The predicted molar refractivity (Wildman–Crippen MR) is 83.4 cm³/mol. The second-order valence-electron chi connectivity index (χ2n) is 4.42. The molecule has 0 unspecified atom stereocenters. The molecule has 0 radical (unpaired) electrons. The molecule has 0 amide bonds. The van der Waals surface area contributed by atoms with Crippen LogP contribution in [0.25, 0.3) is 23.8 Å². The molecular formula is C17H14FN3. The van der Waals surface area contributed by atoms with Gasteiger partial charge in [0.25, 0.3) is 0 Å². The lowest BCUT2D eigenvalue weighted by Crippen LogP contribution is -1.85. The first kappa shape index (κ1) is 14.5. The summed E-state index contributed by atoms with van der Waals surface area (Å²) in [6.45, 7) is 5.05. The number of halogens is 1. The van der Waals surface area contributed by atoms with Crippen molar-refractivity contribution >= 4 is 23.8 Å². The van der Waals surface area contributed by atoms with Crippen LogP contribution in [0.15, 0.2) is 43.1 Å². The van der Waals surface area contributed by atoms with Gasteiger partial charge >= 0.3 is 0 Å². The van der Waals surface area contributed by atoms with E-state index in [-0.39, 0.29) is 5.83 Å². The Kier molecular flexibility index (Phi) is 4.47. The lowest BCUT2D eigenvalue weighted by molar-refractivity contribution is 0.648. The van der Waals surface area contributed by atoms with Crippen molar-refractivity contribution in [1.82, 2.24) is 9.97 Å². The van der Waals surface area contributed by atoms with Gasteiger partial charge in [-0.15, -0.1) is 0 Å². The van der Waals surface area contributed by atoms with Crippen LogP contribution in [0.3, 0.4) is 0 Å². The minimum Gasteiger partial charge on any atom is -0.361 e. The van der Waals surface area contributed by atoms with Gasteiger partial charge in [0.1, 0.15) is 0 Å². The molecule has 0 spiro atoms. The molecule has 0 aliphatic carbocycles. The average molecular weight is 279 g/mol. The normalized spacial score (nSPS) is 12.0. The molecule has 104 valence electrons. The monoisotopic (exact) mass is 279 g/mol. The zero-order valence-corrected chi connectivity index (χ0v) is 11.6. The van der Waals surface area contributed by atoms with Gasteiger partial charge in [-0.2, -0.15) is 5.26 Å². The first-order chi connectivity index (χ1) is 10.2. The summed E-state index contributed by atoms with van der Waals surface area (Å²) in [5.74, 6) is -0.336. The van der Waals surface area contributed by atoms with E-state index in [1.807, 2.05) is 6.07 Å². The maximum atomic E-state index is 13.3. The number of pyridine rings is 1. The molecule has 2 heterocycles. The third kappa shape index (κ3) is 3.34. The van der Waals surface area contributed by atoms with Crippen LogP contribution in [0.1, 0.15) is 29.3 Å². The zero-order valence-electron chi connectivity index (χ0n) is 11.6. The topological polar surface area (TPSA) is 52.5 Å². The second kappa shape index (κ2) is 6.49. The second-order valence-corrected chi connectivity index (χ2v) is 4.42. The van der Waals surface area contributed by atoms with E-state index in [4.69, 9.17) is 0 Å². The Morgan fingerprint density at radius 3 is 2.86 bits per heavy atom. The van der Waals surface area contributed by atoms with Gasteiger partial charge in [-0.3, -0.25) is 4.98 Å². The van der Waals surface area contributed by atoms with E-state index in [1.165, 1.54) is 13.0 Å². The Balaban J connectivity index is 2.57. The van der Waals surface area contributed by atoms with Crippen LogP contribution < -0.4 is 0 Å². The summed E-state index contributed by atoms with van der Waals surface area (Å²) >= 11 is 0. The number of nitrogens with one attached hydrogen (secondary N) is 1. The lowest BCUT2D eigenvalue weighted by atomic mass is 10.0. The zero-order chi connectivity index (χ0) is 15.2. The highest BCUT2D eigenvalue weighted by molar-refractivity contribution is 5.93. The smallest absolute Gasteiger partial charge is 0.0998 e. The number of hydrogen-bond acceptors (Lipinski definition) is 2. The number of aromatic nitrogens is 2. The average Bonchev–Trinajstić information content (AvgIpc) is 2.88. The van der Waals surface area contributed by atoms with E-state index in [9.17, 15) is 9.65 Å². The van der Waals surface area contributed by atoms with E-state index in [2.05, 4.69) is 22.6 Å². The van der Waals surface area contributed by atoms with E-state index in [0.717, 1.165) is 5.56 Å². The Hall–Kier alpha value is -2.93. The van der Waals surface area contributed by atoms with Crippen molar-refractivity contribution < 1.29 is 4.39 Å². The molecule has 0 atom stereocenters. The highest BCUT2D eigenvalue weighted by Gasteiger charge is 2.12. The highest BCUT2D eigenvalue weighted by atomic mass is 19.1. The van der Waals surface area contributed by atoms with Crippen molar-refractivity contribution in [2.24, 2.45) is 0 Å². The number of nitriles is 1. The van der Waals surface area contributed by atoms with Crippen molar-refractivity contribution in [2.75, 3.05) is 0 Å². The molecule has 0 saturated heterocycles. The predicted octanol–water partition coefficient (Wildman–Crippen LogP) is 4.45. The summed E-state index contributed by atoms with van der Waals surface area (Å²) in [6, 6.07) is 5.79. The Labute approximate surface area is 122 Å². The van der Waals surface area contributed by atoms with Gasteiger partial charge in [0.15, 0.2) is 0 Å². The highest BCUT2D eigenvalue weighted by Crippen LogP contribution is 2.27. The van der Waals surface area contributed by atoms with E-state index in [0.29, 0.717) is 22.4 Å². The molecule has 2 aromatic heterocycles. The first-order valence-electron chi connectivity index (χ1n) is 6.35. The number of hydrogen-bond donors (Lipinski definition) is 1. The standard InChI is InChI=1S/C17H14FN3/c1-3-17-15(7-12(2)18)16(11-21-17)14(9-19)8-13-5-4-6-20-10-13/h3-8,10-11,21H,1H2,2H3/b12-7+,14-8+. The van der Waals surface area contributed by atoms with E-state index < -0.39 is 0 Å². The number of allylic oxidation sites excluding steroid dienone is 2. The molecule has 2 aromatic rings. The van der Waals surface area contributed by atoms with Gasteiger partial charge < -0.3 is 4.98 Å². The Morgan fingerprint density at radius 1 is 1.48 bits per heavy atom. The summed E-state index contributed by atoms with van der Waals surface area (Å²) in [5.41, 5.74) is 3.16. The fraction of sp³-hybridized carbons (Fsp3) is 0.0588. The minimum atomic E-state index is -0.336. The van der Waals surface area contributed by atoms with Gasteiger partial charge in [0.05, 0.1) is 17.5 Å². The minimum absolute atomic E-state index is 0.336. The summed E-state index contributed by atoms with van der Waals surface area (Å²) in [6.07, 6.45) is 9.70. The van der Waals surface area contributed by atoms with Crippen molar-refractivity contribution in [2.45, 2.75) is 6.92 Å². The molecule has 1 N–H and O–H groups in total. The number of H-pyrrole nitrogens is 1. The number of aromatic amines is 1. The molecule has 0 aliphatic heterocycles. The Morgan fingerprint density at radius 2 is 2.29 bits per heavy atom. The molecule has 0 aliphatic rings. The number of nitrogens with zero attached hydrogens (tertiary/aromatic N) is 2. The van der Waals surface area contributed by atoms with E-state index in [1.54, 1.807) is 36.8 Å². The summed E-state index contributed by atoms with van der Waals surface area (Å²) < 4.78 is 13.3. The summed E-state index contributed by atoms with van der Waals surface area (Å²) in [7, 11) is 0. The fourth-order valence-corrected chi connectivity index (χ4v) is 1.99. The van der Waals surface area contributed by atoms with Gasteiger partial charge in [-0.25, -0.2) is 4.39 Å². The van der Waals surface area contributed by atoms with Crippen molar-refractivity contribution in [3.05, 3.63) is 65.5 Å². The van der Waals surface area contributed by atoms with Crippen molar-refractivity contribution in [3.63, 3.8) is 0 Å². The van der Waals surface area contributed by atoms with Crippen LogP contribution in [0.2, 0.25) is 0 Å². The lowest BCUT2D eigenvalue weighted by Gasteiger charge is -2.00. The van der Waals surface area contributed by atoms with Crippen LogP contribution in [-0.4, -0.2) is 9.97 Å². The maximum absolute atomic E-state index is 13.3. The van der Waals surface area contributed by atoms with Crippen LogP contribution in [0, 0.1) is 11.3 Å². The molecule has 4 heteroatoms. The van der Waals surface area contributed by atoms with Gasteiger partial charge in [-0.05, 0) is 36.8 Å². The first-order valence-corrected chi connectivity index (χ1v) is 6.35. The maximum Gasteiger partial charge on any atom is 0.0998 e. The van der Waals surface area contributed by atoms with E-state index >= 15 is 0 Å². The van der Waals surface area contributed by atoms with Gasteiger partial charge in [0, 0.05) is 35.4 Å². The third-order valence-corrected chi connectivity index (χ3v) is 2.91. The summed E-state index contributed by atoms with van der Waals surface area (Å²) in [4.78, 5) is 7.00. The molecule has 3 nitrogen and oxygen atoms in total. The van der Waals surface area contributed by atoms with Crippen molar-refractivity contribution in [1.29, 1.82) is 5.26 Å². The van der Waals surface area contributed by atoms with Crippen LogP contribution in [0.5, 0.6) is 0 Å². The van der Waals surface area contributed by atoms with Crippen LogP contribution >= 0.6 is 0 Å². The number of rotatable bonds is 4. The quantitative estimate of drug-likeness (QED) is 0.841. The van der Waals surface area contributed by atoms with Gasteiger partial charge in [-0.1, -0.05) is 12.6 Å². The molecule has 0 fully saturated rings. The van der Waals surface area contributed by atoms with Crippen LogP contribution in [-0.2, 0) is 0 Å². The van der Waals surface area contributed by atoms with Crippen molar-refractivity contribution in [3.8, 4) is 6.07 Å². The van der Waals surface area contributed by atoms with Gasteiger partial charge in [0.2, 0.25) is 0 Å². The summed E-state index contributed by atoms with van der Waals surface area (Å²) in [5, 5.41) is 9.39. The molecule has 0 aromatic carbocycles.